The van der Waals surface area contributed by atoms with Gasteiger partial charge in [0.1, 0.15) is 0 Å². The Hall–Kier alpha value is 1.66. The monoisotopic (exact) mass is 390 g/mol. The summed E-state index contributed by atoms with van der Waals surface area (Å²) in [6, 6.07) is 0. The van der Waals surface area contributed by atoms with Crippen molar-refractivity contribution in [2.75, 3.05) is 11.5 Å². The van der Waals surface area contributed by atoms with Crippen molar-refractivity contribution in [3.05, 3.63) is 31.3 Å². The Kier molecular flexibility index (Phi) is 3.77. The molecule has 6 heteroatoms. The number of allylic oxidation sites excluding steroid dienone is 3. The SMILES string of the molecule is C1=CC(=C2SS[Se][Se]2)C2=C1SCCS2. The van der Waals surface area contributed by atoms with Gasteiger partial charge in [-0.25, -0.2) is 0 Å². The van der Waals surface area contributed by atoms with Crippen molar-refractivity contribution in [1.82, 2.24) is 0 Å². The van der Waals surface area contributed by atoms with E-state index in [0.717, 1.165) is 25.1 Å². The molecule has 1 fully saturated rings. The quantitative estimate of drug-likeness (QED) is 0.462. The van der Waals surface area contributed by atoms with E-state index < -0.39 is 0 Å². The molecular weight excluding hydrogens is 382 g/mol. The molecule has 0 N–H and O–H groups in total. The molecule has 0 aromatic heterocycles. The van der Waals surface area contributed by atoms with Crippen molar-refractivity contribution >= 4 is 68.7 Å². The van der Waals surface area contributed by atoms with Crippen molar-refractivity contribution in [3.8, 4) is 0 Å². The maximum atomic E-state index is 2.35. The molecule has 0 atom stereocenters. The van der Waals surface area contributed by atoms with Gasteiger partial charge in [0.25, 0.3) is 0 Å². The Bertz CT molecular complexity index is 350. The van der Waals surface area contributed by atoms with Gasteiger partial charge < -0.3 is 0 Å². The van der Waals surface area contributed by atoms with E-state index in [1.807, 2.05) is 22.6 Å². The van der Waals surface area contributed by atoms with E-state index in [1.54, 1.807) is 14.3 Å². The van der Waals surface area contributed by atoms with Crippen LogP contribution in [0.4, 0.5) is 0 Å². The van der Waals surface area contributed by atoms with Crippen LogP contribution in [0.3, 0.4) is 0 Å². The second-order valence-corrected chi connectivity index (χ2v) is 18.2. The molecule has 0 aromatic rings. The molecule has 1 aliphatic carbocycles. The van der Waals surface area contributed by atoms with Crippen LogP contribution in [0.15, 0.2) is 31.3 Å². The van der Waals surface area contributed by atoms with E-state index in [0.29, 0.717) is 0 Å². The molecule has 1 saturated heterocycles. The zero-order valence-electron chi connectivity index (χ0n) is 7.02. The summed E-state index contributed by atoms with van der Waals surface area (Å²) >= 11 is 5.74. The Labute approximate surface area is 110 Å². The topological polar surface area (TPSA) is 0 Å². The summed E-state index contributed by atoms with van der Waals surface area (Å²) in [7, 11) is 4.12. The average Bonchev–Trinajstić information content (AvgIpc) is 2.85. The zero-order valence-corrected chi connectivity index (χ0v) is 13.7. The Morgan fingerprint density at radius 2 is 2.07 bits per heavy atom. The van der Waals surface area contributed by atoms with Crippen LogP contribution in [0, 0.1) is 0 Å². The summed E-state index contributed by atoms with van der Waals surface area (Å²) in [6.07, 6.45) is 4.67. The summed E-state index contributed by atoms with van der Waals surface area (Å²) in [4.78, 5) is 3.12. The fourth-order valence-electron chi connectivity index (χ4n) is 1.36. The van der Waals surface area contributed by atoms with Crippen LogP contribution >= 0.6 is 43.5 Å². The molecule has 14 heavy (non-hydrogen) atoms. The number of thioether (sulfide) groups is 2. The Balaban J connectivity index is 1.99. The Morgan fingerprint density at radius 1 is 1.14 bits per heavy atom. The summed E-state index contributed by atoms with van der Waals surface area (Å²) in [5, 5.41) is 0. The number of hydrogen-bond acceptors (Lipinski definition) is 4. The molecule has 2 heterocycles. The van der Waals surface area contributed by atoms with Crippen LogP contribution in [0.25, 0.3) is 0 Å². The summed E-state index contributed by atoms with van der Waals surface area (Å²) in [6.45, 7) is 0. The maximum absolute atomic E-state index is 2.35. The minimum absolute atomic E-state index is 0.799. The molecule has 0 unspecified atom stereocenters. The van der Waals surface area contributed by atoms with Gasteiger partial charge in [0, 0.05) is 0 Å². The summed E-state index contributed by atoms with van der Waals surface area (Å²) in [5.74, 6) is 2.57. The number of hydrogen-bond donors (Lipinski definition) is 0. The van der Waals surface area contributed by atoms with Gasteiger partial charge >= 0.3 is 112 Å². The first-order valence-corrected chi connectivity index (χ1v) is 15.4. The third kappa shape index (κ3) is 2.05. The first-order chi connectivity index (χ1) is 6.95. The zero-order chi connectivity index (χ0) is 9.38. The fourth-order valence-corrected chi connectivity index (χ4v) is 24.9. The first kappa shape index (κ1) is 10.8. The van der Waals surface area contributed by atoms with E-state index >= 15 is 0 Å². The van der Waals surface area contributed by atoms with E-state index in [4.69, 9.17) is 0 Å². The van der Waals surface area contributed by atoms with Crippen LogP contribution in [0.1, 0.15) is 0 Å². The molecule has 0 aromatic carbocycles. The molecule has 2 aliphatic heterocycles. The van der Waals surface area contributed by atoms with Crippen LogP contribution < -0.4 is 0 Å². The van der Waals surface area contributed by atoms with Crippen molar-refractivity contribution < 1.29 is 0 Å². The third-order valence-electron chi connectivity index (χ3n) is 1.92. The van der Waals surface area contributed by atoms with Gasteiger partial charge in [-0.1, -0.05) is 0 Å². The molecule has 0 amide bonds. The van der Waals surface area contributed by atoms with E-state index in [9.17, 15) is 0 Å². The molecule has 0 saturated carbocycles. The van der Waals surface area contributed by atoms with Crippen molar-refractivity contribution in [2.45, 2.75) is 0 Å². The summed E-state index contributed by atoms with van der Waals surface area (Å²) in [5.41, 5.74) is 1.58. The minimum atomic E-state index is 0.799. The molecule has 0 bridgehead atoms. The van der Waals surface area contributed by atoms with Crippen LogP contribution in [-0.4, -0.2) is 36.6 Å². The average molecular weight is 388 g/mol. The van der Waals surface area contributed by atoms with Crippen LogP contribution in [0.5, 0.6) is 0 Å². The standard InChI is InChI=1S/C8H6S4Se2/c1-2-6-7(10-4-3-9-6)5(1)8-11-12-14-13-8/h1-2H,3-4H2. The summed E-state index contributed by atoms with van der Waals surface area (Å²) < 4.78 is 1.69. The van der Waals surface area contributed by atoms with Crippen LogP contribution in [0.2, 0.25) is 0 Å². The number of rotatable bonds is 0. The third-order valence-corrected chi connectivity index (χ3v) is 21.9. The van der Waals surface area contributed by atoms with Crippen LogP contribution in [-0.2, 0) is 0 Å². The van der Waals surface area contributed by atoms with Crippen molar-refractivity contribution in [2.24, 2.45) is 0 Å². The Morgan fingerprint density at radius 3 is 2.93 bits per heavy atom. The van der Waals surface area contributed by atoms with Gasteiger partial charge in [0.2, 0.25) is 0 Å². The molecular formula is C8H6S4Se2. The van der Waals surface area contributed by atoms with Crippen molar-refractivity contribution in [3.63, 3.8) is 0 Å². The fraction of sp³-hybridized carbons (Fsp3) is 0.250. The molecule has 0 nitrogen and oxygen atoms in total. The van der Waals surface area contributed by atoms with E-state index in [-0.39, 0.29) is 0 Å². The van der Waals surface area contributed by atoms with Gasteiger partial charge in [-0.3, -0.25) is 0 Å². The predicted octanol–water partition coefficient (Wildman–Crippen LogP) is 3.09. The van der Waals surface area contributed by atoms with Gasteiger partial charge in [-0.05, 0) is 0 Å². The van der Waals surface area contributed by atoms with Gasteiger partial charge in [-0.15, -0.1) is 0 Å². The molecule has 3 aliphatic rings. The molecule has 0 radical (unpaired) electrons. The second-order valence-electron chi connectivity index (χ2n) is 2.73. The van der Waals surface area contributed by atoms with E-state index in [2.05, 4.69) is 33.1 Å². The molecule has 74 valence electrons. The van der Waals surface area contributed by atoms with Gasteiger partial charge in [-0.2, -0.15) is 0 Å². The van der Waals surface area contributed by atoms with Crippen molar-refractivity contribution in [1.29, 1.82) is 0 Å². The molecule has 3 rings (SSSR count). The molecule has 0 spiro atoms. The second kappa shape index (κ2) is 4.89. The predicted molar refractivity (Wildman–Crippen MR) is 74.8 cm³/mol. The van der Waals surface area contributed by atoms with E-state index in [1.165, 1.54) is 16.4 Å². The van der Waals surface area contributed by atoms with Gasteiger partial charge in [0.05, 0.1) is 0 Å². The first-order valence-electron chi connectivity index (χ1n) is 4.05. The normalized spacial score (nSPS) is 31.4. The van der Waals surface area contributed by atoms with Gasteiger partial charge in [0.15, 0.2) is 0 Å².